The number of rotatable bonds is 5. The number of hydrogen-bond donors (Lipinski definition) is 0. The van der Waals surface area contributed by atoms with Crippen LogP contribution >= 0.6 is 11.6 Å². The predicted molar refractivity (Wildman–Crippen MR) is 74.9 cm³/mol. The minimum atomic E-state index is -1.81. The van der Waals surface area contributed by atoms with Gasteiger partial charge in [0.15, 0.2) is 23.3 Å². The molecule has 0 radical (unpaired) electrons. The Labute approximate surface area is 129 Å². The van der Waals surface area contributed by atoms with Gasteiger partial charge >= 0.3 is 0 Å². The molecule has 4 nitrogen and oxygen atoms in total. The highest BCUT2D eigenvalue weighted by atomic mass is 35.5. The van der Waals surface area contributed by atoms with Crippen molar-refractivity contribution in [3.63, 3.8) is 0 Å². The SMILES string of the molecule is C[S+]([O-])c1c(C(=O)C(C#N)C(=O)C2CC2)ccc(Cl)c1F. The van der Waals surface area contributed by atoms with Gasteiger partial charge in [-0.2, -0.15) is 9.65 Å². The van der Waals surface area contributed by atoms with Crippen molar-refractivity contribution in [2.75, 3.05) is 6.26 Å². The maximum absolute atomic E-state index is 14.0. The van der Waals surface area contributed by atoms with Crippen molar-refractivity contribution in [1.29, 1.82) is 5.26 Å². The topological polar surface area (TPSA) is 81.0 Å². The molecule has 0 amide bonds. The second kappa shape index (κ2) is 6.14. The van der Waals surface area contributed by atoms with E-state index in [1.165, 1.54) is 12.3 Å². The highest BCUT2D eigenvalue weighted by Gasteiger charge is 2.40. The third-order valence-corrected chi connectivity index (χ3v) is 4.52. The molecular weight excluding hydrogens is 317 g/mol. The average molecular weight is 328 g/mol. The number of carbonyl (C=O) groups excluding carboxylic acids is 2. The number of halogens is 2. The third-order valence-electron chi connectivity index (χ3n) is 3.26. The molecule has 1 aliphatic carbocycles. The number of hydrogen-bond acceptors (Lipinski definition) is 4. The fourth-order valence-electron chi connectivity index (χ4n) is 2.02. The number of nitriles is 1. The van der Waals surface area contributed by atoms with Gasteiger partial charge in [0, 0.05) is 5.92 Å². The van der Waals surface area contributed by atoms with E-state index in [0.717, 1.165) is 6.07 Å². The monoisotopic (exact) mass is 327 g/mol. The minimum Gasteiger partial charge on any atom is -0.612 e. The molecule has 2 unspecified atom stereocenters. The summed E-state index contributed by atoms with van der Waals surface area (Å²) in [6, 6.07) is 4.02. The van der Waals surface area contributed by atoms with Gasteiger partial charge in [-0.3, -0.25) is 9.59 Å². The Kier molecular flexibility index (Phi) is 4.67. The maximum atomic E-state index is 14.0. The zero-order valence-corrected chi connectivity index (χ0v) is 12.6. The molecule has 1 aromatic rings. The van der Waals surface area contributed by atoms with Crippen LogP contribution in [0.3, 0.4) is 0 Å². The van der Waals surface area contributed by atoms with Gasteiger partial charge in [0.25, 0.3) is 0 Å². The summed E-state index contributed by atoms with van der Waals surface area (Å²) in [6.45, 7) is 0. The van der Waals surface area contributed by atoms with Crippen LogP contribution in [-0.2, 0) is 16.0 Å². The molecular formula is C14H11ClFNO3S. The average Bonchev–Trinajstić information content (AvgIpc) is 3.26. The van der Waals surface area contributed by atoms with Gasteiger partial charge in [0.05, 0.1) is 16.7 Å². The molecule has 1 aliphatic rings. The molecule has 2 rings (SSSR count). The number of ketones is 2. The lowest BCUT2D eigenvalue weighted by Gasteiger charge is -2.13. The summed E-state index contributed by atoms with van der Waals surface area (Å²) in [5, 5.41) is 8.81. The molecule has 0 saturated heterocycles. The van der Waals surface area contributed by atoms with Gasteiger partial charge in [0.1, 0.15) is 6.26 Å². The summed E-state index contributed by atoms with van der Waals surface area (Å²) in [6.07, 6.45) is 2.52. The molecule has 0 heterocycles. The molecule has 7 heteroatoms. The van der Waals surface area contributed by atoms with E-state index in [1.807, 2.05) is 0 Å². The Morgan fingerprint density at radius 3 is 2.62 bits per heavy atom. The summed E-state index contributed by atoms with van der Waals surface area (Å²) in [7, 11) is 0. The van der Waals surface area contributed by atoms with Gasteiger partial charge in [-0.25, -0.2) is 0 Å². The Morgan fingerprint density at radius 1 is 1.52 bits per heavy atom. The van der Waals surface area contributed by atoms with Crippen molar-refractivity contribution in [1.82, 2.24) is 0 Å². The van der Waals surface area contributed by atoms with Crippen LogP contribution in [0.5, 0.6) is 0 Å². The lowest BCUT2D eigenvalue weighted by atomic mass is 9.92. The number of benzene rings is 1. The molecule has 21 heavy (non-hydrogen) atoms. The summed E-state index contributed by atoms with van der Waals surface area (Å²) in [5.74, 6) is -3.99. The summed E-state index contributed by atoms with van der Waals surface area (Å²) >= 11 is 3.81. The van der Waals surface area contributed by atoms with Gasteiger partial charge in [-0.05, 0) is 36.2 Å². The molecule has 1 saturated carbocycles. The maximum Gasteiger partial charge on any atom is 0.200 e. The van der Waals surface area contributed by atoms with Crippen LogP contribution in [0.2, 0.25) is 5.02 Å². The van der Waals surface area contributed by atoms with Crippen molar-refractivity contribution in [2.24, 2.45) is 11.8 Å². The first-order valence-corrected chi connectivity index (χ1v) is 8.11. The molecule has 0 spiro atoms. The van der Waals surface area contributed by atoms with Crippen LogP contribution in [0, 0.1) is 29.0 Å². The molecule has 0 aliphatic heterocycles. The van der Waals surface area contributed by atoms with Crippen molar-refractivity contribution in [2.45, 2.75) is 17.7 Å². The van der Waals surface area contributed by atoms with Gasteiger partial charge in [-0.1, -0.05) is 11.6 Å². The lowest BCUT2D eigenvalue weighted by molar-refractivity contribution is -0.121. The molecule has 110 valence electrons. The van der Waals surface area contributed by atoms with E-state index in [-0.39, 0.29) is 21.4 Å². The molecule has 1 aromatic carbocycles. The second-order valence-corrected chi connectivity index (χ2v) is 6.52. The van der Waals surface area contributed by atoms with Crippen molar-refractivity contribution >= 4 is 34.3 Å². The molecule has 0 aromatic heterocycles. The normalized spacial score (nSPS) is 16.9. The highest BCUT2D eigenvalue weighted by molar-refractivity contribution is 7.90. The summed E-state index contributed by atoms with van der Waals surface area (Å²) in [4.78, 5) is 23.9. The van der Waals surface area contributed by atoms with Crippen LogP contribution < -0.4 is 0 Å². The Balaban J connectivity index is 2.45. The number of Topliss-reactive ketones (excluding diaryl/α,β-unsaturated/α-hetero) is 2. The third kappa shape index (κ3) is 3.10. The first-order valence-electron chi connectivity index (χ1n) is 6.17. The smallest absolute Gasteiger partial charge is 0.200 e. The molecule has 0 bridgehead atoms. The Bertz CT molecular complexity index is 652. The zero-order valence-electron chi connectivity index (χ0n) is 11.1. The largest absolute Gasteiger partial charge is 0.612 e. The van der Waals surface area contributed by atoms with Crippen LogP contribution in [-0.4, -0.2) is 22.4 Å². The van der Waals surface area contributed by atoms with E-state index >= 15 is 0 Å². The van der Waals surface area contributed by atoms with E-state index in [0.29, 0.717) is 12.8 Å². The minimum absolute atomic E-state index is 0.224. The first-order chi connectivity index (χ1) is 9.88. The number of nitrogens with zero attached hydrogens (tertiary/aromatic N) is 1. The van der Waals surface area contributed by atoms with Gasteiger partial charge < -0.3 is 4.55 Å². The van der Waals surface area contributed by atoms with Gasteiger partial charge in [-0.15, -0.1) is 0 Å². The van der Waals surface area contributed by atoms with Crippen LogP contribution in [0.15, 0.2) is 17.0 Å². The van der Waals surface area contributed by atoms with Crippen molar-refractivity contribution in [3.05, 3.63) is 28.5 Å². The van der Waals surface area contributed by atoms with E-state index in [9.17, 15) is 18.5 Å². The van der Waals surface area contributed by atoms with Crippen molar-refractivity contribution < 1.29 is 18.5 Å². The predicted octanol–water partition coefficient (Wildman–Crippen LogP) is 2.52. The van der Waals surface area contributed by atoms with E-state index < -0.39 is 34.5 Å². The lowest BCUT2D eigenvalue weighted by Crippen LogP contribution is -2.26. The van der Waals surface area contributed by atoms with E-state index in [1.54, 1.807) is 6.07 Å². The van der Waals surface area contributed by atoms with Crippen LogP contribution in [0.25, 0.3) is 0 Å². The molecule has 2 atom stereocenters. The summed E-state index contributed by atoms with van der Waals surface area (Å²) < 4.78 is 25.6. The first kappa shape index (κ1) is 16.0. The zero-order chi connectivity index (χ0) is 15.7. The highest BCUT2D eigenvalue weighted by Crippen LogP contribution is 2.34. The van der Waals surface area contributed by atoms with Crippen LogP contribution in [0.1, 0.15) is 23.2 Å². The summed E-state index contributed by atoms with van der Waals surface area (Å²) in [5.41, 5.74) is -0.224. The quantitative estimate of drug-likeness (QED) is 0.473. The fourth-order valence-corrected chi connectivity index (χ4v) is 3.07. The number of carbonyl (C=O) groups is 2. The molecule has 0 N–H and O–H groups in total. The standard InChI is InChI=1S/C14H11ClFNO3S/c1-21(20)14-8(4-5-10(15)11(14)16)13(19)9(6-17)12(18)7-2-3-7/h4-5,7,9H,2-3H2,1H3. The Hall–Kier alpha value is -1.42. The molecule has 1 fully saturated rings. The fraction of sp³-hybridized carbons (Fsp3) is 0.357. The van der Waals surface area contributed by atoms with E-state index in [4.69, 9.17) is 16.9 Å². The van der Waals surface area contributed by atoms with Crippen LogP contribution in [0.4, 0.5) is 4.39 Å². The second-order valence-electron chi connectivity index (χ2n) is 4.80. The van der Waals surface area contributed by atoms with E-state index in [2.05, 4.69) is 0 Å². The van der Waals surface area contributed by atoms with Crippen molar-refractivity contribution in [3.8, 4) is 6.07 Å². The Morgan fingerprint density at radius 2 is 2.14 bits per heavy atom. The van der Waals surface area contributed by atoms with Gasteiger partial charge in [0.2, 0.25) is 4.90 Å².